The van der Waals surface area contributed by atoms with Crippen molar-refractivity contribution in [1.29, 1.82) is 0 Å². The van der Waals surface area contributed by atoms with Crippen LogP contribution in [0, 0.1) is 17.8 Å². The average molecular weight is 396 g/mol. The second kappa shape index (κ2) is 8.32. The third-order valence-electron chi connectivity index (χ3n) is 5.56. The summed E-state index contributed by atoms with van der Waals surface area (Å²) in [5.74, 6) is -3.31. The van der Waals surface area contributed by atoms with Crippen molar-refractivity contribution in [2.45, 2.75) is 44.7 Å². The standard InChI is InChI=1S/C20H23F3N2O3/c21-20(22,23)14-6-8-15(9-7-14)25-19(28)16-17(26)13(11-24-18(16)27)10-12-4-2-1-3-5-12/h6-9,12-13,16H,1-5,10-11H2,(H,24,27)(H,25,28). The number of nitrogens with one attached hydrogen (secondary N) is 2. The fourth-order valence-electron chi connectivity index (χ4n) is 4.02. The van der Waals surface area contributed by atoms with Gasteiger partial charge in [0, 0.05) is 18.2 Å². The van der Waals surface area contributed by atoms with Crippen LogP contribution in [0.3, 0.4) is 0 Å². The predicted octanol–water partition coefficient (Wildman–Crippen LogP) is 3.55. The molecule has 8 heteroatoms. The van der Waals surface area contributed by atoms with Crippen LogP contribution in [0.2, 0.25) is 0 Å². The Morgan fingerprint density at radius 2 is 1.71 bits per heavy atom. The molecule has 0 spiro atoms. The molecule has 1 aromatic carbocycles. The average Bonchev–Trinajstić information content (AvgIpc) is 2.65. The molecular formula is C20H23F3N2O3. The Hall–Kier alpha value is -2.38. The summed E-state index contributed by atoms with van der Waals surface area (Å²) in [5.41, 5.74) is -0.738. The summed E-state index contributed by atoms with van der Waals surface area (Å²) in [5, 5.41) is 5.02. The number of carbonyl (C=O) groups excluding carboxylic acids is 3. The van der Waals surface area contributed by atoms with Crippen molar-refractivity contribution in [1.82, 2.24) is 5.32 Å². The summed E-state index contributed by atoms with van der Waals surface area (Å²) in [6.45, 7) is 0.234. The molecular weight excluding hydrogens is 373 g/mol. The summed E-state index contributed by atoms with van der Waals surface area (Å²) in [4.78, 5) is 37.4. The third-order valence-corrected chi connectivity index (χ3v) is 5.56. The van der Waals surface area contributed by atoms with Crippen LogP contribution in [0.4, 0.5) is 18.9 Å². The summed E-state index contributed by atoms with van der Waals surface area (Å²) >= 11 is 0. The fourth-order valence-corrected chi connectivity index (χ4v) is 4.02. The third kappa shape index (κ3) is 4.72. The van der Waals surface area contributed by atoms with Crippen LogP contribution < -0.4 is 10.6 Å². The van der Waals surface area contributed by atoms with Crippen molar-refractivity contribution in [2.75, 3.05) is 11.9 Å². The van der Waals surface area contributed by atoms with E-state index in [2.05, 4.69) is 10.6 Å². The van der Waals surface area contributed by atoms with Gasteiger partial charge in [-0.05, 0) is 36.6 Å². The Bertz CT molecular complexity index is 740. The topological polar surface area (TPSA) is 75.3 Å². The number of anilines is 1. The van der Waals surface area contributed by atoms with Crippen LogP contribution in [-0.2, 0) is 20.6 Å². The van der Waals surface area contributed by atoms with E-state index in [0.29, 0.717) is 12.3 Å². The number of Topliss-reactive ketones (excluding diaryl/α,β-unsaturated/α-hetero) is 1. The van der Waals surface area contributed by atoms with Gasteiger partial charge in [-0.3, -0.25) is 14.4 Å². The Morgan fingerprint density at radius 1 is 1.07 bits per heavy atom. The Balaban J connectivity index is 1.65. The van der Waals surface area contributed by atoms with Crippen LogP contribution in [0.1, 0.15) is 44.1 Å². The number of carbonyl (C=O) groups is 3. The first-order valence-corrected chi connectivity index (χ1v) is 9.55. The van der Waals surface area contributed by atoms with E-state index in [1.807, 2.05) is 0 Å². The molecule has 2 fully saturated rings. The van der Waals surface area contributed by atoms with Gasteiger partial charge in [-0.15, -0.1) is 0 Å². The van der Waals surface area contributed by atoms with Gasteiger partial charge >= 0.3 is 6.18 Å². The first-order chi connectivity index (χ1) is 13.3. The van der Waals surface area contributed by atoms with E-state index < -0.39 is 41.2 Å². The largest absolute Gasteiger partial charge is 0.416 e. The smallest absolute Gasteiger partial charge is 0.354 e. The number of halogens is 3. The minimum Gasteiger partial charge on any atom is -0.354 e. The van der Waals surface area contributed by atoms with Crippen LogP contribution in [-0.4, -0.2) is 24.1 Å². The molecule has 2 aliphatic rings. The van der Waals surface area contributed by atoms with E-state index in [0.717, 1.165) is 49.9 Å². The molecule has 1 aliphatic heterocycles. The van der Waals surface area contributed by atoms with Gasteiger partial charge in [0.25, 0.3) is 0 Å². The molecule has 1 heterocycles. The van der Waals surface area contributed by atoms with Gasteiger partial charge < -0.3 is 10.6 Å². The van der Waals surface area contributed by atoms with Crippen LogP contribution in [0.15, 0.2) is 24.3 Å². The molecule has 2 N–H and O–H groups in total. The maximum atomic E-state index is 12.8. The van der Waals surface area contributed by atoms with E-state index in [1.165, 1.54) is 6.42 Å². The maximum Gasteiger partial charge on any atom is 0.416 e. The van der Waals surface area contributed by atoms with Crippen LogP contribution in [0.5, 0.6) is 0 Å². The minimum atomic E-state index is -4.48. The molecule has 1 aromatic rings. The summed E-state index contributed by atoms with van der Waals surface area (Å²) in [7, 11) is 0. The highest BCUT2D eigenvalue weighted by molar-refractivity contribution is 6.23. The molecule has 5 nitrogen and oxygen atoms in total. The number of piperidine rings is 1. The first kappa shape index (κ1) is 20.4. The van der Waals surface area contributed by atoms with Crippen LogP contribution >= 0.6 is 0 Å². The second-order valence-corrected chi connectivity index (χ2v) is 7.58. The Morgan fingerprint density at radius 3 is 2.32 bits per heavy atom. The van der Waals surface area contributed by atoms with Crippen LogP contribution in [0.25, 0.3) is 0 Å². The SMILES string of the molecule is O=C1NCC(CC2CCCCC2)C(=O)C1C(=O)Nc1ccc(C(F)(F)F)cc1. The molecule has 2 amide bonds. The van der Waals surface area contributed by atoms with Gasteiger partial charge in [0.15, 0.2) is 11.7 Å². The fraction of sp³-hybridized carbons (Fsp3) is 0.550. The van der Waals surface area contributed by atoms with Crippen molar-refractivity contribution in [3.05, 3.63) is 29.8 Å². The second-order valence-electron chi connectivity index (χ2n) is 7.58. The highest BCUT2D eigenvalue weighted by Gasteiger charge is 2.42. The van der Waals surface area contributed by atoms with Crippen molar-refractivity contribution in [2.24, 2.45) is 17.8 Å². The number of benzene rings is 1. The summed E-state index contributed by atoms with van der Waals surface area (Å²) < 4.78 is 37.9. The highest BCUT2D eigenvalue weighted by atomic mass is 19.4. The number of rotatable bonds is 4. The molecule has 152 valence electrons. The van der Waals surface area contributed by atoms with Gasteiger partial charge in [-0.1, -0.05) is 32.1 Å². The molecule has 28 heavy (non-hydrogen) atoms. The van der Waals surface area contributed by atoms with E-state index in [9.17, 15) is 27.6 Å². The number of hydrogen-bond donors (Lipinski definition) is 2. The normalized spacial score (nSPS) is 24.0. The molecule has 0 aromatic heterocycles. The highest BCUT2D eigenvalue weighted by Crippen LogP contribution is 2.32. The minimum absolute atomic E-state index is 0.105. The first-order valence-electron chi connectivity index (χ1n) is 9.55. The molecule has 0 radical (unpaired) electrons. The molecule has 2 unspecified atom stereocenters. The molecule has 1 saturated carbocycles. The van der Waals surface area contributed by atoms with Gasteiger partial charge in [0.1, 0.15) is 0 Å². The van der Waals surface area contributed by atoms with Gasteiger partial charge in [0.05, 0.1) is 5.56 Å². The maximum absolute atomic E-state index is 12.8. The zero-order valence-corrected chi connectivity index (χ0v) is 15.3. The van der Waals surface area contributed by atoms with E-state index in [4.69, 9.17) is 0 Å². The monoisotopic (exact) mass is 396 g/mol. The molecule has 0 bridgehead atoms. The molecule has 3 rings (SSSR count). The van der Waals surface area contributed by atoms with E-state index >= 15 is 0 Å². The summed E-state index contributed by atoms with van der Waals surface area (Å²) in [6.07, 6.45) is 1.76. The predicted molar refractivity (Wildman–Crippen MR) is 96.3 cm³/mol. The lowest BCUT2D eigenvalue weighted by molar-refractivity contribution is -0.145. The Labute approximate surface area is 161 Å². The van der Waals surface area contributed by atoms with Gasteiger partial charge in [0.2, 0.25) is 11.8 Å². The zero-order valence-electron chi connectivity index (χ0n) is 15.3. The number of amides is 2. The van der Waals surface area contributed by atoms with Crippen molar-refractivity contribution in [3.8, 4) is 0 Å². The lowest BCUT2D eigenvalue weighted by Gasteiger charge is -2.31. The van der Waals surface area contributed by atoms with Crippen molar-refractivity contribution in [3.63, 3.8) is 0 Å². The molecule has 1 saturated heterocycles. The van der Waals surface area contributed by atoms with Gasteiger partial charge in [-0.2, -0.15) is 13.2 Å². The van der Waals surface area contributed by atoms with Gasteiger partial charge in [-0.25, -0.2) is 0 Å². The zero-order chi connectivity index (χ0) is 20.3. The van der Waals surface area contributed by atoms with Crippen molar-refractivity contribution < 1.29 is 27.6 Å². The lowest BCUT2D eigenvalue weighted by Crippen LogP contribution is -2.53. The Kier molecular flexibility index (Phi) is 6.05. The van der Waals surface area contributed by atoms with E-state index in [-0.39, 0.29) is 12.2 Å². The number of alkyl halides is 3. The number of ketones is 1. The van der Waals surface area contributed by atoms with Crippen molar-refractivity contribution >= 4 is 23.3 Å². The quantitative estimate of drug-likeness (QED) is 0.765. The lowest BCUT2D eigenvalue weighted by atomic mass is 9.77. The summed E-state index contributed by atoms with van der Waals surface area (Å²) in [6, 6.07) is 3.88. The van der Waals surface area contributed by atoms with E-state index in [1.54, 1.807) is 0 Å². The molecule has 2 atom stereocenters. The number of hydrogen-bond acceptors (Lipinski definition) is 3. The molecule has 1 aliphatic carbocycles.